The number of carbonyl (C=O) groups is 1. The molecule has 1 aliphatic heterocycles. The van der Waals surface area contributed by atoms with Gasteiger partial charge in [0.15, 0.2) is 0 Å². The third-order valence-corrected chi connectivity index (χ3v) is 4.61. The molecule has 17 heavy (non-hydrogen) atoms. The molecule has 0 radical (unpaired) electrons. The van der Waals surface area contributed by atoms with Crippen LogP contribution in [0.2, 0.25) is 0 Å². The Balaban J connectivity index is 2.36. The zero-order valence-electron chi connectivity index (χ0n) is 10.5. The number of rotatable bonds is 5. The number of hydrogen-bond acceptors (Lipinski definition) is 4. The molecule has 0 amide bonds. The van der Waals surface area contributed by atoms with Gasteiger partial charge in [-0.2, -0.15) is 12.7 Å². The lowest BCUT2D eigenvalue weighted by molar-refractivity contribution is -0.154. The molecule has 0 aromatic rings. The molecular formula is C10H20N2O4S. The van der Waals surface area contributed by atoms with Crippen LogP contribution in [0.15, 0.2) is 0 Å². The zero-order chi connectivity index (χ0) is 13.1. The topological polar surface area (TPSA) is 75.7 Å². The van der Waals surface area contributed by atoms with Gasteiger partial charge in [-0.3, -0.25) is 4.79 Å². The Morgan fingerprint density at radius 2 is 2.12 bits per heavy atom. The van der Waals surface area contributed by atoms with Gasteiger partial charge in [0, 0.05) is 19.6 Å². The second-order valence-corrected chi connectivity index (χ2v) is 6.43. The lowest BCUT2D eigenvalue weighted by Crippen LogP contribution is -2.34. The summed E-state index contributed by atoms with van der Waals surface area (Å²) >= 11 is 0. The van der Waals surface area contributed by atoms with E-state index in [-0.39, 0.29) is 19.1 Å². The van der Waals surface area contributed by atoms with Gasteiger partial charge in [-0.05, 0) is 20.3 Å². The largest absolute Gasteiger partial charge is 0.464 e. The lowest BCUT2D eigenvalue weighted by Gasteiger charge is -2.21. The van der Waals surface area contributed by atoms with Crippen LogP contribution in [0.4, 0.5) is 0 Å². The van der Waals surface area contributed by atoms with Crippen molar-refractivity contribution in [3.05, 3.63) is 0 Å². The fourth-order valence-electron chi connectivity index (χ4n) is 1.32. The normalized spacial score (nSPS) is 20.4. The molecule has 6 nitrogen and oxygen atoms in total. The van der Waals surface area contributed by atoms with Gasteiger partial charge in [0.2, 0.25) is 0 Å². The Morgan fingerprint density at radius 3 is 2.59 bits per heavy atom. The first-order valence-electron chi connectivity index (χ1n) is 5.71. The number of ether oxygens (including phenoxy) is 1. The fourth-order valence-corrected chi connectivity index (χ4v) is 2.50. The van der Waals surface area contributed by atoms with E-state index in [1.807, 2.05) is 20.8 Å². The highest BCUT2D eigenvalue weighted by atomic mass is 32.2. The van der Waals surface area contributed by atoms with Crippen LogP contribution in [-0.2, 0) is 19.7 Å². The van der Waals surface area contributed by atoms with Crippen LogP contribution in [-0.4, -0.2) is 44.9 Å². The van der Waals surface area contributed by atoms with Crippen LogP contribution in [0.1, 0.15) is 27.2 Å². The molecule has 0 aromatic heterocycles. The minimum Gasteiger partial charge on any atom is -0.464 e. The van der Waals surface area contributed by atoms with Crippen molar-refractivity contribution in [1.82, 2.24) is 9.03 Å². The van der Waals surface area contributed by atoms with E-state index in [2.05, 4.69) is 4.72 Å². The number of nitrogens with zero attached hydrogens (tertiary/aromatic N) is 1. The van der Waals surface area contributed by atoms with Gasteiger partial charge in [-0.25, -0.2) is 4.72 Å². The molecule has 0 bridgehead atoms. The maximum absolute atomic E-state index is 11.6. The highest BCUT2D eigenvalue weighted by molar-refractivity contribution is 7.87. The number of carbonyl (C=O) groups excluding carboxylic acids is 1. The molecule has 1 rings (SSSR count). The minimum atomic E-state index is -3.33. The summed E-state index contributed by atoms with van der Waals surface area (Å²) in [6.45, 7) is 6.68. The van der Waals surface area contributed by atoms with Crippen LogP contribution < -0.4 is 4.72 Å². The van der Waals surface area contributed by atoms with Crippen molar-refractivity contribution in [2.24, 2.45) is 5.41 Å². The maximum Gasteiger partial charge on any atom is 0.311 e. The summed E-state index contributed by atoms with van der Waals surface area (Å²) in [7, 11) is -3.33. The Morgan fingerprint density at radius 1 is 1.47 bits per heavy atom. The summed E-state index contributed by atoms with van der Waals surface area (Å²) in [6.07, 6.45) is 0.690. The molecule has 0 aliphatic carbocycles. The Labute approximate surface area is 102 Å². The maximum atomic E-state index is 11.6. The molecule has 1 heterocycles. The van der Waals surface area contributed by atoms with Crippen LogP contribution in [0.25, 0.3) is 0 Å². The summed E-state index contributed by atoms with van der Waals surface area (Å²) in [6, 6.07) is 0. The third kappa shape index (κ3) is 3.65. The predicted molar refractivity (Wildman–Crippen MR) is 63.5 cm³/mol. The molecule has 0 aromatic carbocycles. The first-order valence-corrected chi connectivity index (χ1v) is 7.15. The predicted octanol–water partition coefficient (Wildman–Crippen LogP) is 0.116. The van der Waals surface area contributed by atoms with Gasteiger partial charge < -0.3 is 4.74 Å². The third-order valence-electron chi connectivity index (χ3n) is 3.00. The smallest absolute Gasteiger partial charge is 0.311 e. The standard InChI is InChI=1S/C10H20N2O4S/c1-4-10(2,3)9(13)16-8-7-12-6-5-11-17(12,14)15/h11H,4-8H2,1-3H3. The summed E-state index contributed by atoms with van der Waals surface area (Å²) in [5, 5.41) is 0. The van der Waals surface area contributed by atoms with Crippen molar-refractivity contribution in [3.63, 3.8) is 0 Å². The van der Waals surface area contributed by atoms with Crippen molar-refractivity contribution in [3.8, 4) is 0 Å². The van der Waals surface area contributed by atoms with Crippen molar-refractivity contribution < 1.29 is 17.9 Å². The molecular weight excluding hydrogens is 244 g/mol. The monoisotopic (exact) mass is 264 g/mol. The van der Waals surface area contributed by atoms with E-state index in [1.165, 1.54) is 4.31 Å². The Bertz CT molecular complexity index is 378. The van der Waals surface area contributed by atoms with E-state index in [1.54, 1.807) is 0 Å². The average Bonchev–Trinajstić information content (AvgIpc) is 2.58. The van der Waals surface area contributed by atoms with Crippen molar-refractivity contribution in [1.29, 1.82) is 0 Å². The Hall–Kier alpha value is -0.660. The molecule has 1 saturated heterocycles. The molecule has 0 unspecified atom stereocenters. The van der Waals surface area contributed by atoms with Crippen molar-refractivity contribution in [2.45, 2.75) is 27.2 Å². The number of nitrogens with one attached hydrogen (secondary N) is 1. The fraction of sp³-hybridized carbons (Fsp3) is 0.900. The van der Waals surface area contributed by atoms with Crippen molar-refractivity contribution >= 4 is 16.2 Å². The van der Waals surface area contributed by atoms with Gasteiger partial charge in [0.25, 0.3) is 10.2 Å². The quantitative estimate of drug-likeness (QED) is 0.715. The molecule has 0 spiro atoms. The first-order chi connectivity index (χ1) is 7.79. The van der Waals surface area contributed by atoms with Crippen LogP contribution in [0.3, 0.4) is 0 Å². The summed E-state index contributed by atoms with van der Waals surface area (Å²) in [5.74, 6) is -0.287. The van der Waals surface area contributed by atoms with Gasteiger partial charge in [-0.1, -0.05) is 6.92 Å². The molecule has 1 fully saturated rings. The molecule has 1 N–H and O–H groups in total. The number of esters is 1. The van der Waals surface area contributed by atoms with E-state index < -0.39 is 15.6 Å². The van der Waals surface area contributed by atoms with E-state index in [9.17, 15) is 13.2 Å². The summed E-state index contributed by atoms with van der Waals surface area (Å²) in [5.41, 5.74) is -0.512. The lowest BCUT2D eigenvalue weighted by atomic mass is 9.91. The minimum absolute atomic E-state index is 0.100. The second-order valence-electron chi connectivity index (χ2n) is 4.67. The second kappa shape index (κ2) is 5.32. The Kier molecular flexibility index (Phi) is 4.51. The van der Waals surface area contributed by atoms with Crippen LogP contribution >= 0.6 is 0 Å². The molecule has 0 atom stereocenters. The number of hydrogen-bond donors (Lipinski definition) is 1. The van der Waals surface area contributed by atoms with Crippen LogP contribution in [0, 0.1) is 5.41 Å². The molecule has 7 heteroatoms. The van der Waals surface area contributed by atoms with Gasteiger partial charge in [0.1, 0.15) is 6.61 Å². The SMILES string of the molecule is CCC(C)(C)C(=O)OCCN1CCNS1(=O)=O. The first kappa shape index (κ1) is 14.4. The molecule has 100 valence electrons. The van der Waals surface area contributed by atoms with E-state index in [0.29, 0.717) is 19.5 Å². The van der Waals surface area contributed by atoms with Crippen molar-refractivity contribution in [2.75, 3.05) is 26.2 Å². The van der Waals surface area contributed by atoms with Gasteiger partial charge >= 0.3 is 5.97 Å². The zero-order valence-corrected chi connectivity index (χ0v) is 11.3. The average molecular weight is 264 g/mol. The van der Waals surface area contributed by atoms with E-state index >= 15 is 0 Å². The molecule has 0 saturated carbocycles. The summed E-state index contributed by atoms with van der Waals surface area (Å²) in [4.78, 5) is 11.6. The van der Waals surface area contributed by atoms with Gasteiger partial charge in [-0.15, -0.1) is 0 Å². The van der Waals surface area contributed by atoms with Crippen LogP contribution in [0.5, 0.6) is 0 Å². The summed E-state index contributed by atoms with van der Waals surface area (Å²) < 4.78 is 31.5. The highest BCUT2D eigenvalue weighted by Crippen LogP contribution is 2.21. The molecule has 1 aliphatic rings. The van der Waals surface area contributed by atoms with E-state index in [4.69, 9.17) is 4.74 Å². The van der Waals surface area contributed by atoms with E-state index in [0.717, 1.165) is 0 Å². The van der Waals surface area contributed by atoms with Gasteiger partial charge in [0.05, 0.1) is 5.41 Å². The highest BCUT2D eigenvalue weighted by Gasteiger charge is 2.29.